The molecule has 1 aromatic carbocycles. The van der Waals surface area contributed by atoms with Crippen molar-refractivity contribution in [3.05, 3.63) is 23.8 Å². The Kier molecular flexibility index (Phi) is 5.23. The number of nitrogens with zero attached hydrogens (tertiary/aromatic N) is 1. The number of aliphatic hydroxyl groups is 1. The smallest absolute Gasteiger partial charge is 0.127 e. The molecule has 2 atom stereocenters. The quantitative estimate of drug-likeness (QED) is 0.851. The fraction of sp³-hybridized carbons (Fsp3) is 0.600. The molecule has 1 fully saturated rings. The lowest BCUT2D eigenvalue weighted by molar-refractivity contribution is 0.107. The summed E-state index contributed by atoms with van der Waals surface area (Å²) in [6.45, 7) is 1.72. The van der Waals surface area contributed by atoms with Crippen molar-refractivity contribution >= 4 is 0 Å². The monoisotopic (exact) mass is 281 g/mol. The number of hydrogen-bond acceptors (Lipinski definition) is 5. The summed E-state index contributed by atoms with van der Waals surface area (Å²) in [5, 5.41) is 9.49. The van der Waals surface area contributed by atoms with Gasteiger partial charge in [0.05, 0.1) is 26.9 Å². The van der Waals surface area contributed by atoms with Crippen molar-refractivity contribution < 1.29 is 19.3 Å². The van der Waals surface area contributed by atoms with E-state index in [2.05, 4.69) is 4.90 Å². The van der Waals surface area contributed by atoms with Gasteiger partial charge in [-0.05, 0) is 12.5 Å². The molecule has 1 N–H and O–H groups in total. The van der Waals surface area contributed by atoms with E-state index in [1.165, 1.54) is 0 Å². The summed E-state index contributed by atoms with van der Waals surface area (Å²) in [6.07, 6.45) is 1.06. The average Bonchev–Trinajstić information content (AvgIpc) is 2.89. The highest BCUT2D eigenvalue weighted by Crippen LogP contribution is 2.29. The number of aliphatic hydroxyl groups excluding tert-OH is 1. The Balaban J connectivity index is 2.12. The standard InChI is InChI=1S/C15H23NO4/c1-18-13-5-4-11(15(7-13)20-3)8-16-9-14(19-2)6-12(16)10-17/h4-5,7,12,14,17H,6,8-10H2,1-3H3/t12-,14-/m0/s1. The molecular weight excluding hydrogens is 258 g/mol. The molecule has 1 heterocycles. The van der Waals surface area contributed by atoms with Gasteiger partial charge in [0.25, 0.3) is 0 Å². The number of benzene rings is 1. The first-order valence-corrected chi connectivity index (χ1v) is 6.80. The van der Waals surface area contributed by atoms with Gasteiger partial charge in [0, 0.05) is 37.9 Å². The Bertz CT molecular complexity index is 438. The van der Waals surface area contributed by atoms with Crippen LogP contribution in [0.3, 0.4) is 0 Å². The first-order valence-electron chi connectivity index (χ1n) is 6.80. The molecular formula is C15H23NO4. The van der Waals surface area contributed by atoms with Crippen molar-refractivity contribution in [2.24, 2.45) is 0 Å². The van der Waals surface area contributed by atoms with Crippen molar-refractivity contribution in [1.29, 1.82) is 0 Å². The van der Waals surface area contributed by atoms with E-state index in [4.69, 9.17) is 14.2 Å². The number of rotatable bonds is 6. The highest BCUT2D eigenvalue weighted by atomic mass is 16.5. The maximum absolute atomic E-state index is 9.49. The zero-order valence-corrected chi connectivity index (χ0v) is 12.3. The maximum Gasteiger partial charge on any atom is 0.127 e. The molecule has 20 heavy (non-hydrogen) atoms. The zero-order chi connectivity index (χ0) is 14.5. The Morgan fingerprint density at radius 2 is 2.05 bits per heavy atom. The van der Waals surface area contributed by atoms with Crippen molar-refractivity contribution in [2.45, 2.75) is 25.1 Å². The topological polar surface area (TPSA) is 51.2 Å². The largest absolute Gasteiger partial charge is 0.497 e. The molecule has 1 aromatic rings. The molecule has 0 saturated carbocycles. The van der Waals surface area contributed by atoms with Crippen LogP contribution in [0.25, 0.3) is 0 Å². The number of ether oxygens (including phenoxy) is 3. The summed E-state index contributed by atoms with van der Waals surface area (Å²) in [4.78, 5) is 2.23. The lowest BCUT2D eigenvalue weighted by Crippen LogP contribution is -2.32. The van der Waals surface area contributed by atoms with Gasteiger partial charge in [0.1, 0.15) is 11.5 Å². The molecule has 5 nitrogen and oxygen atoms in total. The van der Waals surface area contributed by atoms with Crippen LogP contribution in [0.1, 0.15) is 12.0 Å². The number of likely N-dealkylation sites (tertiary alicyclic amines) is 1. The Morgan fingerprint density at radius 3 is 2.65 bits per heavy atom. The summed E-state index contributed by atoms with van der Waals surface area (Å²) >= 11 is 0. The van der Waals surface area contributed by atoms with Gasteiger partial charge >= 0.3 is 0 Å². The maximum atomic E-state index is 9.49. The number of methoxy groups -OCH3 is 3. The van der Waals surface area contributed by atoms with E-state index in [0.717, 1.165) is 36.6 Å². The van der Waals surface area contributed by atoms with Gasteiger partial charge in [-0.2, -0.15) is 0 Å². The second-order valence-electron chi connectivity index (χ2n) is 5.04. The van der Waals surface area contributed by atoms with Gasteiger partial charge in [-0.3, -0.25) is 4.90 Å². The lowest BCUT2D eigenvalue weighted by Gasteiger charge is -2.23. The molecule has 112 valence electrons. The molecule has 1 aliphatic rings. The normalized spacial score (nSPS) is 23.0. The SMILES string of the molecule is COc1ccc(CN2C[C@@H](OC)C[C@H]2CO)c(OC)c1. The van der Waals surface area contributed by atoms with Crippen molar-refractivity contribution in [1.82, 2.24) is 4.90 Å². The van der Waals surface area contributed by atoms with Crippen LogP contribution in [-0.4, -0.2) is 56.6 Å². The fourth-order valence-corrected chi connectivity index (χ4v) is 2.69. The van der Waals surface area contributed by atoms with Gasteiger partial charge in [0.2, 0.25) is 0 Å². The summed E-state index contributed by atoms with van der Waals surface area (Å²) < 4.78 is 16.0. The third kappa shape index (κ3) is 3.23. The van der Waals surface area contributed by atoms with E-state index < -0.39 is 0 Å². The van der Waals surface area contributed by atoms with Crippen LogP contribution >= 0.6 is 0 Å². The van der Waals surface area contributed by atoms with Gasteiger partial charge < -0.3 is 19.3 Å². The van der Waals surface area contributed by atoms with Crippen molar-refractivity contribution in [3.8, 4) is 11.5 Å². The van der Waals surface area contributed by atoms with Crippen LogP contribution in [-0.2, 0) is 11.3 Å². The highest BCUT2D eigenvalue weighted by Gasteiger charge is 2.31. The Morgan fingerprint density at radius 1 is 1.25 bits per heavy atom. The van der Waals surface area contributed by atoms with E-state index in [0.29, 0.717) is 0 Å². The molecule has 0 radical (unpaired) electrons. The Labute approximate surface area is 120 Å². The minimum atomic E-state index is 0.145. The first kappa shape index (κ1) is 15.1. The predicted molar refractivity (Wildman–Crippen MR) is 76.2 cm³/mol. The second kappa shape index (κ2) is 6.92. The highest BCUT2D eigenvalue weighted by molar-refractivity contribution is 5.40. The predicted octanol–water partition coefficient (Wildman–Crippen LogP) is 1.29. The van der Waals surface area contributed by atoms with Gasteiger partial charge in [-0.25, -0.2) is 0 Å². The molecule has 0 amide bonds. The lowest BCUT2D eigenvalue weighted by atomic mass is 10.1. The molecule has 5 heteroatoms. The molecule has 1 saturated heterocycles. The minimum absolute atomic E-state index is 0.145. The zero-order valence-electron chi connectivity index (χ0n) is 12.3. The summed E-state index contributed by atoms with van der Waals surface area (Å²) in [5.41, 5.74) is 1.09. The number of hydrogen-bond donors (Lipinski definition) is 1. The summed E-state index contributed by atoms with van der Waals surface area (Å²) in [7, 11) is 5.01. The second-order valence-corrected chi connectivity index (χ2v) is 5.04. The molecule has 0 aliphatic carbocycles. The van der Waals surface area contributed by atoms with E-state index >= 15 is 0 Å². The summed E-state index contributed by atoms with van der Waals surface area (Å²) in [5.74, 6) is 1.59. The minimum Gasteiger partial charge on any atom is -0.497 e. The molecule has 2 rings (SSSR count). The van der Waals surface area contributed by atoms with Crippen LogP contribution < -0.4 is 9.47 Å². The average molecular weight is 281 g/mol. The molecule has 0 aromatic heterocycles. The van der Waals surface area contributed by atoms with Crippen molar-refractivity contribution in [3.63, 3.8) is 0 Å². The van der Waals surface area contributed by atoms with E-state index in [-0.39, 0.29) is 18.8 Å². The van der Waals surface area contributed by atoms with E-state index in [1.54, 1.807) is 21.3 Å². The molecule has 0 unspecified atom stereocenters. The molecule has 0 spiro atoms. The van der Waals surface area contributed by atoms with Gasteiger partial charge in [0.15, 0.2) is 0 Å². The first-order chi connectivity index (χ1) is 9.71. The van der Waals surface area contributed by atoms with Gasteiger partial charge in [-0.15, -0.1) is 0 Å². The van der Waals surface area contributed by atoms with Crippen LogP contribution in [0.4, 0.5) is 0 Å². The Hall–Kier alpha value is -1.30. The molecule has 1 aliphatic heterocycles. The van der Waals surface area contributed by atoms with E-state index in [9.17, 15) is 5.11 Å². The summed E-state index contributed by atoms with van der Waals surface area (Å²) in [6, 6.07) is 5.96. The molecule has 0 bridgehead atoms. The van der Waals surface area contributed by atoms with Crippen molar-refractivity contribution in [2.75, 3.05) is 34.5 Å². The van der Waals surface area contributed by atoms with Crippen LogP contribution in [0.15, 0.2) is 18.2 Å². The van der Waals surface area contributed by atoms with Crippen LogP contribution in [0.2, 0.25) is 0 Å². The fourth-order valence-electron chi connectivity index (χ4n) is 2.69. The third-order valence-electron chi connectivity index (χ3n) is 3.90. The van der Waals surface area contributed by atoms with Crippen LogP contribution in [0, 0.1) is 0 Å². The van der Waals surface area contributed by atoms with Crippen LogP contribution in [0.5, 0.6) is 11.5 Å². The van der Waals surface area contributed by atoms with E-state index in [1.807, 2.05) is 18.2 Å². The third-order valence-corrected chi connectivity index (χ3v) is 3.90. The van der Waals surface area contributed by atoms with Gasteiger partial charge in [-0.1, -0.05) is 6.07 Å².